The fourth-order valence-electron chi connectivity index (χ4n) is 4.03. The first kappa shape index (κ1) is 21.8. The van der Waals surface area contributed by atoms with Crippen molar-refractivity contribution in [3.8, 4) is 5.75 Å². The molecule has 2 heterocycles. The van der Waals surface area contributed by atoms with E-state index in [4.69, 9.17) is 27.9 Å². The summed E-state index contributed by atoms with van der Waals surface area (Å²) < 4.78 is 6.02. The number of halogens is 2. The first-order chi connectivity index (χ1) is 14.9. The molecule has 0 bridgehead atoms. The molecule has 0 spiro atoms. The second-order valence-corrected chi connectivity index (χ2v) is 8.73. The molecule has 31 heavy (non-hydrogen) atoms. The van der Waals surface area contributed by atoms with E-state index in [1.807, 2.05) is 41.0 Å². The van der Waals surface area contributed by atoms with E-state index < -0.39 is 6.10 Å². The van der Waals surface area contributed by atoms with Crippen molar-refractivity contribution in [1.82, 2.24) is 4.90 Å². The van der Waals surface area contributed by atoms with E-state index in [9.17, 15) is 9.59 Å². The topological polar surface area (TPSA) is 61.9 Å². The third-order valence-corrected chi connectivity index (χ3v) is 6.49. The van der Waals surface area contributed by atoms with E-state index in [1.165, 1.54) is 0 Å². The summed E-state index contributed by atoms with van der Waals surface area (Å²) >= 11 is 12.6. The van der Waals surface area contributed by atoms with E-state index in [0.29, 0.717) is 28.0 Å². The first-order valence-electron chi connectivity index (χ1n) is 10.5. The van der Waals surface area contributed by atoms with Crippen LogP contribution in [0.25, 0.3) is 0 Å². The third kappa shape index (κ3) is 4.75. The van der Waals surface area contributed by atoms with Crippen molar-refractivity contribution < 1.29 is 14.3 Å². The summed E-state index contributed by atoms with van der Waals surface area (Å²) in [7, 11) is 0. The Hall–Kier alpha value is -2.44. The number of carbonyl (C=O) groups is 2. The molecular weight excluding hydrogens is 437 g/mol. The highest BCUT2D eigenvalue weighted by Gasteiger charge is 2.34. The van der Waals surface area contributed by atoms with Gasteiger partial charge in [0, 0.05) is 13.1 Å². The minimum atomic E-state index is -0.646. The van der Waals surface area contributed by atoms with Crippen molar-refractivity contribution in [2.45, 2.75) is 32.3 Å². The first-order valence-corrected chi connectivity index (χ1v) is 11.2. The summed E-state index contributed by atoms with van der Waals surface area (Å²) in [5.41, 5.74) is 2.00. The van der Waals surface area contributed by atoms with Crippen LogP contribution in [0.2, 0.25) is 10.0 Å². The highest BCUT2D eigenvalue weighted by atomic mass is 35.5. The zero-order valence-corrected chi connectivity index (χ0v) is 18.9. The summed E-state index contributed by atoms with van der Waals surface area (Å²) in [6.07, 6.45) is 2.53. The van der Waals surface area contributed by atoms with Crippen LogP contribution >= 0.6 is 23.2 Å². The Bertz CT molecular complexity index is 992. The second kappa shape index (κ2) is 9.37. The molecule has 1 saturated heterocycles. The van der Waals surface area contributed by atoms with E-state index in [-0.39, 0.29) is 18.4 Å². The number of benzene rings is 2. The number of fused-ring (bicyclic) bond motifs is 1. The molecule has 164 valence electrons. The molecule has 1 N–H and O–H groups in total. The van der Waals surface area contributed by atoms with E-state index in [1.54, 1.807) is 12.1 Å². The molecule has 2 amide bonds. The number of aryl methyl sites for hydroxylation is 1. The lowest BCUT2D eigenvalue weighted by atomic mass is 10.1. The van der Waals surface area contributed by atoms with Gasteiger partial charge in [0.25, 0.3) is 5.91 Å². The molecule has 2 aromatic carbocycles. The van der Waals surface area contributed by atoms with Gasteiger partial charge in [-0.25, -0.2) is 0 Å². The maximum absolute atomic E-state index is 13.1. The summed E-state index contributed by atoms with van der Waals surface area (Å²) in [5.74, 6) is 0.309. The highest BCUT2D eigenvalue weighted by Crippen LogP contribution is 2.35. The van der Waals surface area contributed by atoms with Crippen LogP contribution < -0.4 is 15.0 Å². The Balaban J connectivity index is 1.52. The Kier molecular flexibility index (Phi) is 6.58. The summed E-state index contributed by atoms with van der Waals surface area (Å²) in [6, 6.07) is 11.0. The van der Waals surface area contributed by atoms with Gasteiger partial charge < -0.3 is 19.9 Å². The minimum Gasteiger partial charge on any atom is -0.477 e. The summed E-state index contributed by atoms with van der Waals surface area (Å²) in [6.45, 7) is 3.71. The predicted octanol–water partition coefficient (Wildman–Crippen LogP) is 4.52. The number of amides is 2. The number of rotatable bonds is 4. The van der Waals surface area contributed by atoms with Crippen molar-refractivity contribution in [2.24, 2.45) is 0 Å². The molecule has 1 atom stereocenters. The Morgan fingerprint density at radius 3 is 2.61 bits per heavy atom. The molecular formula is C23H25Cl2N3O3. The molecule has 4 rings (SSSR count). The van der Waals surface area contributed by atoms with Gasteiger partial charge in [-0.2, -0.15) is 0 Å². The van der Waals surface area contributed by atoms with Gasteiger partial charge in [-0.15, -0.1) is 0 Å². The average Bonchev–Trinajstić information content (AvgIpc) is 2.79. The normalized spacial score (nSPS) is 18.2. The average molecular weight is 462 g/mol. The van der Waals surface area contributed by atoms with Crippen LogP contribution in [0.3, 0.4) is 0 Å². The molecule has 1 fully saturated rings. The summed E-state index contributed by atoms with van der Waals surface area (Å²) in [4.78, 5) is 29.7. The predicted molar refractivity (Wildman–Crippen MR) is 123 cm³/mol. The van der Waals surface area contributed by atoms with Crippen LogP contribution in [0, 0.1) is 6.92 Å². The van der Waals surface area contributed by atoms with Crippen molar-refractivity contribution in [2.75, 3.05) is 36.4 Å². The molecule has 0 radical (unpaired) electrons. The maximum atomic E-state index is 13.1. The molecule has 2 aromatic rings. The number of ether oxygens (including phenoxy) is 1. The third-order valence-electron chi connectivity index (χ3n) is 5.69. The lowest BCUT2D eigenvalue weighted by Crippen LogP contribution is -2.52. The monoisotopic (exact) mass is 461 g/mol. The molecule has 0 aromatic heterocycles. The number of likely N-dealkylation sites (tertiary alicyclic amines) is 1. The Labute approximate surface area is 192 Å². The number of hydrogen-bond donors (Lipinski definition) is 1. The Morgan fingerprint density at radius 1 is 1.10 bits per heavy atom. The number of para-hydroxylation sites is 2. The van der Waals surface area contributed by atoms with Crippen molar-refractivity contribution in [1.29, 1.82) is 0 Å². The molecule has 0 saturated carbocycles. The maximum Gasteiger partial charge on any atom is 0.265 e. The molecule has 2 aliphatic rings. The largest absolute Gasteiger partial charge is 0.477 e. The number of hydrogen-bond acceptors (Lipinski definition) is 4. The van der Waals surface area contributed by atoms with Crippen LogP contribution in [0.1, 0.15) is 24.8 Å². The zero-order chi connectivity index (χ0) is 22.0. The number of nitrogens with zero attached hydrogens (tertiary/aromatic N) is 2. The smallest absolute Gasteiger partial charge is 0.265 e. The van der Waals surface area contributed by atoms with Gasteiger partial charge in [-0.3, -0.25) is 9.59 Å². The van der Waals surface area contributed by atoms with Crippen molar-refractivity contribution >= 4 is 46.4 Å². The minimum absolute atomic E-state index is 0.0237. The fraction of sp³-hybridized carbons (Fsp3) is 0.391. The highest BCUT2D eigenvalue weighted by molar-refractivity contribution is 6.40. The van der Waals surface area contributed by atoms with Gasteiger partial charge in [-0.05, 0) is 49.9 Å². The van der Waals surface area contributed by atoms with Gasteiger partial charge in [0.1, 0.15) is 5.75 Å². The standard InChI is InChI=1S/C23H25Cl2N3O3/c1-15-9-10-16(24)22(21(15)25)26-20(29)14-28-13-19(23(30)27-11-5-2-6-12-27)31-18-8-4-3-7-17(18)28/h3-4,7-10,19H,2,5-6,11-14H2,1H3,(H,26,29). The Morgan fingerprint density at radius 2 is 1.84 bits per heavy atom. The summed E-state index contributed by atoms with van der Waals surface area (Å²) in [5, 5.41) is 3.62. The van der Waals surface area contributed by atoms with Crippen molar-refractivity contribution in [3.05, 3.63) is 52.0 Å². The second-order valence-electron chi connectivity index (χ2n) is 7.94. The van der Waals surface area contributed by atoms with Crippen LogP contribution in [0.4, 0.5) is 11.4 Å². The molecule has 2 aliphatic heterocycles. The molecule has 1 unspecified atom stereocenters. The van der Waals surface area contributed by atoms with Gasteiger partial charge in [0.2, 0.25) is 5.91 Å². The lowest BCUT2D eigenvalue weighted by Gasteiger charge is -2.38. The SMILES string of the molecule is Cc1ccc(Cl)c(NC(=O)CN2CC(C(=O)N3CCCCC3)Oc3ccccc32)c1Cl. The van der Waals surface area contributed by atoms with E-state index in [2.05, 4.69) is 5.32 Å². The number of piperidine rings is 1. The zero-order valence-electron chi connectivity index (χ0n) is 17.4. The van der Waals surface area contributed by atoms with Gasteiger partial charge in [-0.1, -0.05) is 41.4 Å². The van der Waals surface area contributed by atoms with Crippen molar-refractivity contribution in [3.63, 3.8) is 0 Å². The lowest BCUT2D eigenvalue weighted by molar-refractivity contribution is -0.139. The number of carbonyl (C=O) groups excluding carboxylic acids is 2. The fourth-order valence-corrected chi connectivity index (χ4v) is 4.49. The van der Waals surface area contributed by atoms with E-state index in [0.717, 1.165) is 43.6 Å². The van der Waals surface area contributed by atoms with Gasteiger partial charge in [0.05, 0.1) is 34.5 Å². The van der Waals surface area contributed by atoms with Crippen LogP contribution in [0.15, 0.2) is 36.4 Å². The van der Waals surface area contributed by atoms with Crippen LogP contribution in [-0.2, 0) is 9.59 Å². The number of nitrogens with one attached hydrogen (secondary N) is 1. The van der Waals surface area contributed by atoms with Gasteiger partial charge in [0.15, 0.2) is 6.10 Å². The van der Waals surface area contributed by atoms with E-state index >= 15 is 0 Å². The van der Waals surface area contributed by atoms with Gasteiger partial charge >= 0.3 is 0 Å². The quantitative estimate of drug-likeness (QED) is 0.726. The number of anilines is 2. The van der Waals surface area contributed by atoms with Crippen LogP contribution in [-0.4, -0.2) is 49.0 Å². The van der Waals surface area contributed by atoms with Crippen LogP contribution in [0.5, 0.6) is 5.75 Å². The molecule has 6 nitrogen and oxygen atoms in total. The molecule has 8 heteroatoms. The molecule has 0 aliphatic carbocycles.